The van der Waals surface area contributed by atoms with Crippen molar-refractivity contribution in [1.29, 1.82) is 0 Å². The fourth-order valence-corrected chi connectivity index (χ4v) is 5.65. The molecule has 2 aliphatic heterocycles. The van der Waals surface area contributed by atoms with Crippen LogP contribution >= 0.6 is 0 Å². The quantitative estimate of drug-likeness (QED) is 0.529. The number of ether oxygens (including phenoxy) is 1. The molecule has 0 saturated carbocycles. The van der Waals surface area contributed by atoms with E-state index in [1.165, 1.54) is 0 Å². The molecule has 4 atom stereocenters. The van der Waals surface area contributed by atoms with Crippen LogP contribution in [-0.4, -0.2) is 72.4 Å². The molecule has 2 saturated heterocycles. The maximum Gasteiger partial charge on any atom is 0.247 e. The first-order valence-electron chi connectivity index (χ1n) is 13.5. The number of likely N-dealkylation sites (tertiary alicyclic amines) is 2. The fourth-order valence-electron chi connectivity index (χ4n) is 5.65. The summed E-state index contributed by atoms with van der Waals surface area (Å²) in [6, 6.07) is 18.9. The first-order chi connectivity index (χ1) is 18.2. The molecule has 2 aromatic carbocycles. The van der Waals surface area contributed by atoms with Crippen molar-refractivity contribution in [1.82, 2.24) is 15.1 Å². The third kappa shape index (κ3) is 5.76. The van der Waals surface area contributed by atoms with Crippen molar-refractivity contribution in [2.24, 2.45) is 11.1 Å². The molecule has 2 aliphatic rings. The van der Waals surface area contributed by atoms with Crippen LogP contribution in [-0.2, 0) is 25.7 Å². The molecule has 38 heavy (non-hydrogen) atoms. The van der Waals surface area contributed by atoms with E-state index in [9.17, 15) is 14.4 Å². The number of carbonyl (C=O) groups excluding carboxylic acids is 3. The largest absolute Gasteiger partial charge is 0.374 e. The number of benzene rings is 2. The van der Waals surface area contributed by atoms with Crippen LogP contribution in [0.5, 0.6) is 0 Å². The Labute approximate surface area is 225 Å². The van der Waals surface area contributed by atoms with Crippen LogP contribution in [0.15, 0.2) is 60.7 Å². The highest BCUT2D eigenvalue weighted by molar-refractivity contribution is 5.93. The van der Waals surface area contributed by atoms with Gasteiger partial charge in [0, 0.05) is 32.6 Å². The third-order valence-electron chi connectivity index (χ3n) is 8.19. The summed E-state index contributed by atoms with van der Waals surface area (Å²) in [6.45, 7) is 5.28. The van der Waals surface area contributed by atoms with Gasteiger partial charge in [-0.05, 0) is 37.3 Å². The van der Waals surface area contributed by atoms with E-state index in [-0.39, 0.29) is 24.3 Å². The molecule has 0 aromatic heterocycles. The van der Waals surface area contributed by atoms with Crippen LogP contribution in [0, 0.1) is 5.41 Å². The number of likely N-dealkylation sites (N-methyl/N-ethyl adjacent to an activating group) is 1. The Bertz CT molecular complexity index is 1120. The zero-order valence-corrected chi connectivity index (χ0v) is 22.7. The van der Waals surface area contributed by atoms with Gasteiger partial charge in [-0.25, -0.2) is 0 Å². The number of hydrogen-bond acceptors (Lipinski definition) is 5. The minimum Gasteiger partial charge on any atom is -0.374 e. The van der Waals surface area contributed by atoms with Gasteiger partial charge in [0.15, 0.2) is 0 Å². The lowest BCUT2D eigenvalue weighted by molar-refractivity contribution is -0.147. The number of rotatable bonds is 9. The fraction of sp³-hybridized carbons (Fsp3) is 0.500. The molecular weight excluding hydrogens is 480 g/mol. The number of hydrogen-bond donors (Lipinski definition) is 2. The molecule has 2 heterocycles. The molecule has 2 aromatic rings. The lowest BCUT2D eigenvalue weighted by Crippen LogP contribution is -2.61. The van der Waals surface area contributed by atoms with Crippen molar-refractivity contribution < 1.29 is 19.1 Å². The van der Waals surface area contributed by atoms with E-state index in [0.717, 1.165) is 17.5 Å². The number of nitrogens with one attached hydrogen (secondary N) is 1. The Morgan fingerprint density at radius 3 is 2.47 bits per heavy atom. The second-order valence-electron chi connectivity index (χ2n) is 11.0. The SMILES string of the molecule is CCC(C)(N)C(=O)NC(COCc1ccccc1)C(=O)N1CCCC2(C1)C(=O)N(C)CC2c1ccccc1. The van der Waals surface area contributed by atoms with Crippen LogP contribution in [0.2, 0.25) is 0 Å². The van der Waals surface area contributed by atoms with Crippen molar-refractivity contribution in [3.8, 4) is 0 Å². The van der Waals surface area contributed by atoms with E-state index >= 15 is 0 Å². The molecule has 3 amide bonds. The van der Waals surface area contributed by atoms with Gasteiger partial charge < -0.3 is 25.6 Å². The highest BCUT2D eigenvalue weighted by Gasteiger charge is 2.55. The zero-order chi connectivity index (χ0) is 27.3. The van der Waals surface area contributed by atoms with Crippen LogP contribution < -0.4 is 11.1 Å². The maximum atomic E-state index is 13.9. The van der Waals surface area contributed by atoms with E-state index in [4.69, 9.17) is 10.5 Å². The molecule has 0 radical (unpaired) electrons. The second kappa shape index (κ2) is 11.7. The number of nitrogens with two attached hydrogens (primary N) is 1. The van der Waals surface area contributed by atoms with Crippen LogP contribution in [0.25, 0.3) is 0 Å². The summed E-state index contributed by atoms with van der Waals surface area (Å²) < 4.78 is 5.91. The van der Waals surface area contributed by atoms with Gasteiger partial charge in [-0.2, -0.15) is 0 Å². The average molecular weight is 521 g/mol. The predicted molar refractivity (Wildman–Crippen MR) is 146 cm³/mol. The summed E-state index contributed by atoms with van der Waals surface area (Å²) in [5.41, 5.74) is 6.48. The van der Waals surface area contributed by atoms with Gasteiger partial charge in [-0.3, -0.25) is 14.4 Å². The minimum atomic E-state index is -1.11. The van der Waals surface area contributed by atoms with E-state index in [2.05, 4.69) is 17.4 Å². The maximum absolute atomic E-state index is 13.9. The number of amides is 3. The highest BCUT2D eigenvalue weighted by atomic mass is 16.5. The van der Waals surface area contributed by atoms with Crippen LogP contribution in [0.4, 0.5) is 0 Å². The van der Waals surface area contributed by atoms with E-state index < -0.39 is 22.9 Å². The molecular formula is C30H40N4O4. The predicted octanol–water partition coefficient (Wildman–Crippen LogP) is 2.68. The average Bonchev–Trinajstić information content (AvgIpc) is 3.17. The monoisotopic (exact) mass is 520 g/mol. The van der Waals surface area contributed by atoms with E-state index in [1.54, 1.807) is 16.7 Å². The smallest absolute Gasteiger partial charge is 0.247 e. The molecule has 0 bridgehead atoms. The Morgan fingerprint density at radius 2 is 1.82 bits per heavy atom. The van der Waals surface area contributed by atoms with E-state index in [0.29, 0.717) is 39.1 Å². The standard InChI is InChI=1S/C30H40N4O4/c1-4-29(2,31)27(36)32-25(20-38-19-22-12-7-5-8-13-22)26(35)34-17-11-16-30(21-34)24(18-33(3)28(30)37)23-14-9-6-10-15-23/h5-10,12-15,24-25H,4,11,16-21,31H2,1-3H3,(H,32,36). The van der Waals surface area contributed by atoms with Gasteiger partial charge in [-0.1, -0.05) is 67.6 Å². The Kier molecular flexibility index (Phi) is 8.53. The van der Waals surface area contributed by atoms with Crippen LogP contribution in [0.1, 0.15) is 50.2 Å². The molecule has 1 spiro atoms. The molecule has 8 heteroatoms. The molecule has 0 aliphatic carbocycles. The zero-order valence-electron chi connectivity index (χ0n) is 22.7. The summed E-state index contributed by atoms with van der Waals surface area (Å²) >= 11 is 0. The topological polar surface area (TPSA) is 105 Å². The second-order valence-corrected chi connectivity index (χ2v) is 11.0. The molecule has 3 N–H and O–H groups in total. The van der Waals surface area contributed by atoms with Gasteiger partial charge in [0.05, 0.1) is 24.2 Å². The van der Waals surface area contributed by atoms with Gasteiger partial charge in [0.1, 0.15) is 6.04 Å². The first kappa shape index (κ1) is 27.8. The van der Waals surface area contributed by atoms with Gasteiger partial charge in [0.2, 0.25) is 17.7 Å². The van der Waals surface area contributed by atoms with Crippen molar-refractivity contribution >= 4 is 17.7 Å². The summed E-state index contributed by atoms with van der Waals surface area (Å²) in [4.78, 5) is 44.0. The molecule has 4 unspecified atom stereocenters. The van der Waals surface area contributed by atoms with Gasteiger partial charge in [-0.15, -0.1) is 0 Å². The summed E-state index contributed by atoms with van der Waals surface area (Å²) in [6.07, 6.45) is 1.86. The summed E-state index contributed by atoms with van der Waals surface area (Å²) in [5.74, 6) is -0.573. The highest BCUT2D eigenvalue weighted by Crippen LogP contribution is 2.49. The van der Waals surface area contributed by atoms with Crippen LogP contribution in [0.3, 0.4) is 0 Å². The Balaban J connectivity index is 1.55. The minimum absolute atomic E-state index is 0.00778. The lowest BCUT2D eigenvalue weighted by Gasteiger charge is -2.43. The summed E-state index contributed by atoms with van der Waals surface area (Å²) in [5, 5.41) is 2.86. The lowest BCUT2D eigenvalue weighted by atomic mass is 9.69. The van der Waals surface area contributed by atoms with E-state index in [1.807, 2.05) is 62.5 Å². The summed E-state index contributed by atoms with van der Waals surface area (Å²) in [7, 11) is 1.83. The van der Waals surface area contributed by atoms with Crippen molar-refractivity contribution in [3.63, 3.8) is 0 Å². The van der Waals surface area contributed by atoms with Crippen molar-refractivity contribution in [2.45, 2.75) is 57.2 Å². The van der Waals surface area contributed by atoms with Crippen molar-refractivity contribution in [3.05, 3.63) is 71.8 Å². The Morgan fingerprint density at radius 1 is 1.16 bits per heavy atom. The molecule has 2 fully saturated rings. The number of piperidine rings is 1. The van der Waals surface area contributed by atoms with Gasteiger partial charge >= 0.3 is 0 Å². The molecule has 204 valence electrons. The number of carbonyl (C=O) groups is 3. The first-order valence-corrected chi connectivity index (χ1v) is 13.5. The Hall–Kier alpha value is -3.23. The van der Waals surface area contributed by atoms with Gasteiger partial charge in [0.25, 0.3) is 0 Å². The third-order valence-corrected chi connectivity index (χ3v) is 8.19. The van der Waals surface area contributed by atoms with Crippen molar-refractivity contribution in [2.75, 3.05) is 33.3 Å². The normalized spacial score (nSPS) is 23.8. The number of nitrogens with zero attached hydrogens (tertiary/aromatic N) is 2. The molecule has 8 nitrogen and oxygen atoms in total. The molecule has 4 rings (SSSR count).